The van der Waals surface area contributed by atoms with E-state index in [-0.39, 0.29) is 5.78 Å². The molecular formula is C17H30N2O5S. The summed E-state index contributed by atoms with van der Waals surface area (Å²) in [6.07, 6.45) is 2.80. The van der Waals surface area contributed by atoms with Crippen molar-refractivity contribution in [2.75, 3.05) is 19.4 Å². The molecule has 1 unspecified atom stereocenters. The Labute approximate surface area is 154 Å². The van der Waals surface area contributed by atoms with Gasteiger partial charge in [0.05, 0.1) is 7.11 Å². The van der Waals surface area contributed by atoms with Gasteiger partial charge in [-0.15, -0.1) is 11.8 Å². The normalized spacial score (nSPS) is 18.8. The standard InChI is InChI=1S/C17H30N2O5S/c1-17(2,3)24-16(22)19-10-11-25-14(19)13(20)9-7-5-6-8-12(18)15(21)23-4/h12,14H,5-11,18H2,1-4H3/t12-,14?/m0/s1. The van der Waals surface area contributed by atoms with Gasteiger partial charge in [-0.3, -0.25) is 14.5 Å². The first-order valence-electron chi connectivity index (χ1n) is 8.63. The van der Waals surface area contributed by atoms with E-state index in [0.29, 0.717) is 25.8 Å². The van der Waals surface area contributed by atoms with E-state index in [1.807, 2.05) is 20.8 Å². The number of hydrogen-bond donors (Lipinski definition) is 1. The van der Waals surface area contributed by atoms with Crippen LogP contribution in [0.5, 0.6) is 0 Å². The Hall–Kier alpha value is -1.28. The second-order valence-electron chi connectivity index (χ2n) is 7.09. The predicted molar refractivity (Wildman–Crippen MR) is 97.3 cm³/mol. The van der Waals surface area contributed by atoms with Gasteiger partial charge in [0.15, 0.2) is 5.78 Å². The minimum atomic E-state index is -0.603. The number of esters is 1. The summed E-state index contributed by atoms with van der Waals surface area (Å²) in [6, 6.07) is -0.603. The molecule has 8 heteroatoms. The van der Waals surface area contributed by atoms with E-state index in [4.69, 9.17) is 10.5 Å². The van der Waals surface area contributed by atoms with Crippen molar-refractivity contribution in [3.63, 3.8) is 0 Å². The summed E-state index contributed by atoms with van der Waals surface area (Å²) in [6.45, 7) is 5.96. The smallest absolute Gasteiger partial charge is 0.411 e. The average molecular weight is 375 g/mol. The quantitative estimate of drug-likeness (QED) is 0.514. The van der Waals surface area contributed by atoms with Crippen LogP contribution in [0.4, 0.5) is 4.79 Å². The topological polar surface area (TPSA) is 98.9 Å². The molecule has 0 aromatic heterocycles. The lowest BCUT2D eigenvalue weighted by atomic mass is 10.1. The summed E-state index contributed by atoms with van der Waals surface area (Å²) in [5, 5.41) is -0.452. The first-order chi connectivity index (χ1) is 11.7. The monoisotopic (exact) mass is 374 g/mol. The van der Waals surface area contributed by atoms with Crippen molar-refractivity contribution in [2.24, 2.45) is 5.73 Å². The number of methoxy groups -OCH3 is 1. The van der Waals surface area contributed by atoms with Crippen LogP contribution in [0.15, 0.2) is 0 Å². The number of hydrogen-bond acceptors (Lipinski definition) is 7. The van der Waals surface area contributed by atoms with E-state index < -0.39 is 29.1 Å². The van der Waals surface area contributed by atoms with E-state index in [2.05, 4.69) is 4.74 Å². The zero-order valence-corrected chi connectivity index (χ0v) is 16.4. The number of Topliss-reactive ketones (excluding diaryl/α,β-unsaturated/α-hetero) is 1. The minimum absolute atomic E-state index is 0.0469. The zero-order chi connectivity index (χ0) is 19.0. The highest BCUT2D eigenvalue weighted by Crippen LogP contribution is 2.28. The maximum atomic E-state index is 12.4. The molecule has 2 atom stereocenters. The molecule has 0 spiro atoms. The van der Waals surface area contributed by atoms with Gasteiger partial charge in [-0.1, -0.05) is 12.8 Å². The fourth-order valence-electron chi connectivity index (χ4n) is 2.48. The molecule has 0 saturated carbocycles. The van der Waals surface area contributed by atoms with Gasteiger partial charge in [-0.2, -0.15) is 0 Å². The molecule has 25 heavy (non-hydrogen) atoms. The number of ketones is 1. The lowest BCUT2D eigenvalue weighted by Crippen LogP contribution is -2.42. The van der Waals surface area contributed by atoms with Gasteiger partial charge < -0.3 is 15.2 Å². The number of nitrogens with zero attached hydrogens (tertiary/aromatic N) is 1. The zero-order valence-electron chi connectivity index (χ0n) is 15.6. The number of thioether (sulfide) groups is 1. The van der Waals surface area contributed by atoms with Crippen LogP contribution in [0.3, 0.4) is 0 Å². The summed E-state index contributed by atoms with van der Waals surface area (Å²) in [5.41, 5.74) is 5.10. The molecule has 1 fully saturated rings. The van der Waals surface area contributed by atoms with E-state index >= 15 is 0 Å². The Morgan fingerprint density at radius 3 is 2.52 bits per heavy atom. The van der Waals surface area contributed by atoms with Crippen LogP contribution in [-0.2, 0) is 19.1 Å². The first-order valence-corrected chi connectivity index (χ1v) is 9.68. The molecule has 0 bridgehead atoms. The van der Waals surface area contributed by atoms with Gasteiger partial charge >= 0.3 is 12.1 Å². The van der Waals surface area contributed by atoms with Crippen molar-refractivity contribution in [3.05, 3.63) is 0 Å². The number of nitrogens with two attached hydrogens (primary N) is 1. The van der Waals surface area contributed by atoms with Crippen LogP contribution in [0.25, 0.3) is 0 Å². The SMILES string of the molecule is COC(=O)[C@@H](N)CCCCCC(=O)C1SCCN1C(=O)OC(C)(C)C. The van der Waals surface area contributed by atoms with Crippen LogP contribution in [-0.4, -0.2) is 59.2 Å². The average Bonchev–Trinajstić information content (AvgIpc) is 3.01. The molecule has 1 rings (SSSR count). The minimum Gasteiger partial charge on any atom is -0.468 e. The molecule has 0 aromatic carbocycles. The second-order valence-corrected chi connectivity index (χ2v) is 8.28. The molecular weight excluding hydrogens is 344 g/mol. The summed E-state index contributed by atoms with van der Waals surface area (Å²) in [5.74, 6) is 0.376. The molecule has 1 heterocycles. The molecule has 0 aromatic rings. The van der Waals surface area contributed by atoms with Crippen LogP contribution < -0.4 is 5.73 Å². The molecule has 0 radical (unpaired) electrons. The Kier molecular flexibility index (Phi) is 8.71. The number of rotatable bonds is 8. The van der Waals surface area contributed by atoms with Gasteiger partial charge in [-0.05, 0) is 33.6 Å². The molecule has 1 amide bonds. The van der Waals surface area contributed by atoms with E-state index in [1.54, 1.807) is 0 Å². The van der Waals surface area contributed by atoms with Gasteiger partial charge in [0.1, 0.15) is 17.0 Å². The molecule has 2 N–H and O–H groups in total. The maximum Gasteiger partial charge on any atom is 0.411 e. The third-order valence-corrected chi connectivity index (χ3v) is 4.99. The Bertz CT molecular complexity index is 478. The van der Waals surface area contributed by atoms with Gasteiger partial charge in [0.25, 0.3) is 0 Å². The molecule has 0 aliphatic carbocycles. The molecule has 1 aliphatic heterocycles. The summed E-state index contributed by atoms with van der Waals surface area (Å²) >= 11 is 1.48. The molecule has 144 valence electrons. The van der Waals surface area contributed by atoms with E-state index in [9.17, 15) is 14.4 Å². The van der Waals surface area contributed by atoms with Crippen molar-refractivity contribution in [3.8, 4) is 0 Å². The Morgan fingerprint density at radius 1 is 1.24 bits per heavy atom. The summed E-state index contributed by atoms with van der Waals surface area (Å²) in [4.78, 5) is 37.3. The third-order valence-electron chi connectivity index (χ3n) is 3.74. The number of carbonyl (C=O) groups excluding carboxylic acids is 3. The Morgan fingerprint density at radius 2 is 1.92 bits per heavy atom. The van der Waals surface area contributed by atoms with Crippen molar-refractivity contribution in [1.82, 2.24) is 4.90 Å². The largest absolute Gasteiger partial charge is 0.468 e. The van der Waals surface area contributed by atoms with Crippen LogP contribution >= 0.6 is 11.8 Å². The van der Waals surface area contributed by atoms with Crippen molar-refractivity contribution in [1.29, 1.82) is 0 Å². The van der Waals surface area contributed by atoms with Crippen LogP contribution in [0, 0.1) is 0 Å². The number of amides is 1. The van der Waals surface area contributed by atoms with Gasteiger partial charge in [0.2, 0.25) is 0 Å². The maximum absolute atomic E-state index is 12.4. The van der Waals surface area contributed by atoms with Gasteiger partial charge in [0, 0.05) is 18.7 Å². The Balaban J connectivity index is 2.34. The van der Waals surface area contributed by atoms with Gasteiger partial charge in [-0.25, -0.2) is 4.79 Å². The highest BCUT2D eigenvalue weighted by Gasteiger charge is 2.36. The highest BCUT2D eigenvalue weighted by molar-refractivity contribution is 8.00. The highest BCUT2D eigenvalue weighted by atomic mass is 32.2. The number of ether oxygens (including phenoxy) is 2. The van der Waals surface area contributed by atoms with Crippen LogP contribution in [0.2, 0.25) is 0 Å². The molecule has 1 saturated heterocycles. The van der Waals surface area contributed by atoms with Crippen LogP contribution in [0.1, 0.15) is 52.9 Å². The predicted octanol–water partition coefficient (Wildman–Crippen LogP) is 2.32. The van der Waals surface area contributed by atoms with E-state index in [1.165, 1.54) is 23.8 Å². The summed E-state index contributed by atoms with van der Waals surface area (Å²) in [7, 11) is 1.32. The summed E-state index contributed by atoms with van der Waals surface area (Å²) < 4.78 is 9.94. The van der Waals surface area contributed by atoms with Crippen molar-refractivity contribution in [2.45, 2.75) is 69.9 Å². The second kappa shape index (κ2) is 10.0. The molecule has 7 nitrogen and oxygen atoms in total. The fraction of sp³-hybridized carbons (Fsp3) is 0.824. The fourth-order valence-corrected chi connectivity index (χ4v) is 3.68. The van der Waals surface area contributed by atoms with Crippen molar-refractivity contribution >= 4 is 29.6 Å². The third kappa shape index (κ3) is 7.64. The number of unbranched alkanes of at least 4 members (excludes halogenated alkanes) is 2. The number of carbonyl (C=O) groups is 3. The van der Waals surface area contributed by atoms with E-state index in [0.717, 1.165) is 18.6 Å². The molecule has 1 aliphatic rings. The van der Waals surface area contributed by atoms with Crippen molar-refractivity contribution < 1.29 is 23.9 Å². The lowest BCUT2D eigenvalue weighted by Gasteiger charge is -2.27. The first kappa shape index (κ1) is 21.8. The lowest BCUT2D eigenvalue weighted by molar-refractivity contribution is -0.142.